The molecule has 0 aliphatic rings. The smallest absolute Gasteiger partial charge is 0.394 e. The van der Waals surface area contributed by atoms with Crippen molar-refractivity contribution in [3.05, 3.63) is 39.8 Å². The molecule has 28 heavy (non-hydrogen) atoms. The Kier molecular flexibility index (Phi) is 6.75. The first-order chi connectivity index (χ1) is 13.0. The Bertz CT molecular complexity index is 873. The quantitative estimate of drug-likeness (QED) is 0.284. The molecule has 1 aromatic carbocycles. The lowest BCUT2D eigenvalue weighted by atomic mass is 9.97. The van der Waals surface area contributed by atoms with Crippen LogP contribution in [0.25, 0.3) is 11.0 Å². The van der Waals surface area contributed by atoms with Crippen LogP contribution in [0.2, 0.25) is 0 Å². The lowest BCUT2D eigenvalue weighted by Crippen LogP contribution is -2.50. The van der Waals surface area contributed by atoms with E-state index in [0.29, 0.717) is 6.07 Å². The number of halogens is 3. The fourth-order valence-electron chi connectivity index (χ4n) is 2.52. The van der Waals surface area contributed by atoms with Gasteiger partial charge in [-0.3, -0.25) is 4.79 Å². The summed E-state index contributed by atoms with van der Waals surface area (Å²) in [6.45, 7) is -0.910. The monoisotopic (exact) mass is 408 g/mol. The van der Waals surface area contributed by atoms with Crippen LogP contribution in [0.3, 0.4) is 0 Å². The van der Waals surface area contributed by atoms with E-state index >= 15 is 0 Å². The normalized spacial score (nSPS) is 17.9. The molecule has 0 radical (unpaired) electrons. The van der Waals surface area contributed by atoms with Crippen molar-refractivity contribution >= 4 is 11.0 Å². The zero-order chi connectivity index (χ0) is 21.2. The number of benzene rings is 1. The number of aliphatic hydroxyl groups is 6. The Morgan fingerprint density at radius 3 is 2.18 bits per heavy atom. The number of rotatable bonds is 7. The summed E-state index contributed by atoms with van der Waals surface area (Å²) in [6.07, 6.45) is -14.8. The van der Waals surface area contributed by atoms with Crippen molar-refractivity contribution in [2.24, 2.45) is 0 Å². The lowest BCUT2D eigenvalue weighted by Gasteiger charge is -2.28. The summed E-state index contributed by atoms with van der Waals surface area (Å²) in [5.74, 6) is 0. The third-order valence-electron chi connectivity index (χ3n) is 4.17. The highest BCUT2D eigenvalue weighted by Gasteiger charge is 2.35. The van der Waals surface area contributed by atoms with Gasteiger partial charge in [0.25, 0.3) is 5.56 Å². The lowest BCUT2D eigenvalue weighted by molar-refractivity contribution is -0.139. The summed E-state index contributed by atoms with van der Waals surface area (Å²) in [6, 6.07) is 2.49. The first-order valence-corrected chi connectivity index (χ1v) is 8.07. The molecule has 0 aliphatic heterocycles. The van der Waals surface area contributed by atoms with E-state index in [0.717, 1.165) is 12.1 Å². The van der Waals surface area contributed by atoms with E-state index in [-0.39, 0.29) is 16.7 Å². The molecule has 0 unspecified atom stereocenters. The van der Waals surface area contributed by atoms with Crippen LogP contribution in [0.15, 0.2) is 23.0 Å². The molecule has 0 amide bonds. The Balaban J connectivity index is 2.23. The van der Waals surface area contributed by atoms with Crippen LogP contribution < -0.4 is 5.56 Å². The van der Waals surface area contributed by atoms with Crippen molar-refractivity contribution in [2.45, 2.75) is 43.1 Å². The number of nitrogens with one attached hydrogen (secondary N) is 1. The third kappa shape index (κ3) is 4.84. The Hall–Kier alpha value is -2.09. The molecule has 0 aliphatic carbocycles. The van der Waals surface area contributed by atoms with Gasteiger partial charge in [-0.1, -0.05) is 0 Å². The number of aromatic nitrogens is 2. The predicted molar refractivity (Wildman–Crippen MR) is 88.2 cm³/mol. The molecule has 0 bridgehead atoms. The summed E-state index contributed by atoms with van der Waals surface area (Å²) in [5.41, 5.74) is -2.41. The van der Waals surface area contributed by atoms with Gasteiger partial charge in [-0.2, -0.15) is 13.2 Å². The summed E-state index contributed by atoms with van der Waals surface area (Å²) in [4.78, 5) is 18.1. The van der Waals surface area contributed by atoms with Gasteiger partial charge in [0.05, 0.1) is 29.3 Å². The molecule has 2 aromatic rings. The second-order valence-electron chi connectivity index (χ2n) is 6.24. The van der Waals surface area contributed by atoms with E-state index in [1.54, 1.807) is 0 Å². The second-order valence-corrected chi connectivity index (χ2v) is 6.24. The molecule has 0 spiro atoms. The zero-order valence-corrected chi connectivity index (χ0v) is 14.2. The third-order valence-corrected chi connectivity index (χ3v) is 4.17. The van der Waals surface area contributed by atoms with E-state index in [4.69, 9.17) is 5.11 Å². The van der Waals surface area contributed by atoms with Crippen LogP contribution in [-0.4, -0.2) is 77.7 Å². The Morgan fingerprint density at radius 2 is 1.61 bits per heavy atom. The van der Waals surface area contributed by atoms with Gasteiger partial charge in [-0.25, -0.2) is 4.98 Å². The molecule has 0 saturated carbocycles. The predicted octanol–water partition coefficient (Wildman–Crippen LogP) is -1.72. The number of alkyl halides is 3. The summed E-state index contributed by atoms with van der Waals surface area (Å²) >= 11 is 0. The highest BCUT2D eigenvalue weighted by atomic mass is 19.4. The molecule has 0 fully saturated rings. The van der Waals surface area contributed by atoms with Gasteiger partial charge in [-0.05, 0) is 18.2 Å². The van der Waals surface area contributed by atoms with Crippen LogP contribution >= 0.6 is 0 Å². The van der Waals surface area contributed by atoms with Crippen molar-refractivity contribution in [1.29, 1.82) is 0 Å². The Labute approximate surface area is 155 Å². The van der Waals surface area contributed by atoms with Gasteiger partial charge in [-0.15, -0.1) is 0 Å². The number of aromatic amines is 1. The number of H-pyrrole nitrogens is 1. The fourth-order valence-corrected chi connectivity index (χ4v) is 2.52. The summed E-state index contributed by atoms with van der Waals surface area (Å²) < 4.78 is 38.2. The maximum Gasteiger partial charge on any atom is 0.416 e. The summed E-state index contributed by atoms with van der Waals surface area (Å²) in [5, 5.41) is 57.1. The van der Waals surface area contributed by atoms with E-state index in [1.807, 2.05) is 0 Å². The molecule has 156 valence electrons. The number of hydrogen-bond acceptors (Lipinski definition) is 8. The molecule has 1 aromatic heterocycles. The van der Waals surface area contributed by atoms with Crippen molar-refractivity contribution in [3.63, 3.8) is 0 Å². The highest BCUT2D eigenvalue weighted by Crippen LogP contribution is 2.30. The first kappa shape index (κ1) is 22.2. The van der Waals surface area contributed by atoms with Crippen LogP contribution in [0.4, 0.5) is 13.2 Å². The SMILES string of the molecule is O=c1[nH]c2cc(C(F)(F)F)ccc2nc1C[C@@H](O)[C@@H](O)[C@@H](O)[C@H](O)[C@H](O)CO. The van der Waals surface area contributed by atoms with Gasteiger partial charge in [0, 0.05) is 6.42 Å². The van der Waals surface area contributed by atoms with Crippen molar-refractivity contribution in [1.82, 2.24) is 9.97 Å². The average molecular weight is 408 g/mol. The molecule has 9 nitrogen and oxygen atoms in total. The van der Waals surface area contributed by atoms with Gasteiger partial charge < -0.3 is 35.6 Å². The van der Waals surface area contributed by atoms with Gasteiger partial charge in [0.15, 0.2) is 0 Å². The van der Waals surface area contributed by atoms with E-state index in [2.05, 4.69) is 9.97 Å². The van der Waals surface area contributed by atoms with Crippen LogP contribution in [-0.2, 0) is 12.6 Å². The average Bonchev–Trinajstić information content (AvgIpc) is 2.64. The number of nitrogens with zero attached hydrogens (tertiary/aromatic N) is 1. The minimum atomic E-state index is -4.61. The molecule has 1 heterocycles. The molecule has 7 N–H and O–H groups in total. The molecule has 12 heteroatoms. The van der Waals surface area contributed by atoms with Gasteiger partial charge in [0.2, 0.25) is 0 Å². The number of fused-ring (bicyclic) bond motifs is 1. The Morgan fingerprint density at radius 1 is 1.00 bits per heavy atom. The van der Waals surface area contributed by atoms with E-state index < -0.39 is 60.8 Å². The van der Waals surface area contributed by atoms with Crippen molar-refractivity contribution < 1.29 is 43.8 Å². The second kappa shape index (κ2) is 8.51. The largest absolute Gasteiger partial charge is 0.416 e. The summed E-state index contributed by atoms with van der Waals surface area (Å²) in [7, 11) is 0. The minimum absolute atomic E-state index is 0.000533. The standard InChI is InChI=1S/C16H19F3N2O7/c17-16(18,19)6-1-2-7-8(3-6)21-15(28)9(20-7)4-10(23)12(25)14(27)13(26)11(24)5-22/h1-3,10-14,22-27H,4-5H2,(H,21,28)/t10-,11-,12-,13-,14-/m1/s1. The topological polar surface area (TPSA) is 167 Å². The molecular weight excluding hydrogens is 389 g/mol. The van der Waals surface area contributed by atoms with Crippen molar-refractivity contribution in [2.75, 3.05) is 6.61 Å². The van der Waals surface area contributed by atoms with Crippen LogP contribution in [0.5, 0.6) is 0 Å². The molecule has 0 saturated heterocycles. The highest BCUT2D eigenvalue weighted by molar-refractivity contribution is 5.75. The minimum Gasteiger partial charge on any atom is -0.394 e. The zero-order valence-electron chi connectivity index (χ0n) is 14.2. The van der Waals surface area contributed by atoms with E-state index in [1.165, 1.54) is 0 Å². The molecule has 5 atom stereocenters. The van der Waals surface area contributed by atoms with Gasteiger partial charge >= 0.3 is 6.18 Å². The maximum absolute atomic E-state index is 12.7. The maximum atomic E-state index is 12.7. The number of aliphatic hydroxyl groups excluding tert-OH is 6. The fraction of sp³-hybridized carbons (Fsp3) is 0.500. The number of hydrogen-bond donors (Lipinski definition) is 7. The van der Waals surface area contributed by atoms with Gasteiger partial charge in [0.1, 0.15) is 30.1 Å². The molecule has 2 rings (SSSR count). The first-order valence-electron chi connectivity index (χ1n) is 8.07. The van der Waals surface area contributed by atoms with E-state index in [9.17, 15) is 43.5 Å². The van der Waals surface area contributed by atoms with Crippen molar-refractivity contribution in [3.8, 4) is 0 Å². The van der Waals surface area contributed by atoms with Crippen LogP contribution in [0, 0.1) is 0 Å². The molecular formula is C16H19F3N2O7. The van der Waals surface area contributed by atoms with Crippen LogP contribution in [0.1, 0.15) is 11.3 Å².